The van der Waals surface area contributed by atoms with Crippen LogP contribution in [-0.4, -0.2) is 55.4 Å². The Labute approximate surface area is 114 Å². The van der Waals surface area contributed by atoms with E-state index in [1.165, 1.54) is 12.8 Å². The van der Waals surface area contributed by atoms with Crippen molar-refractivity contribution in [3.8, 4) is 0 Å². The molecule has 16 heavy (non-hydrogen) atoms. The molecule has 6 heteroatoms. The number of nitrogens with zero attached hydrogens (tertiary/aromatic N) is 2. The van der Waals surface area contributed by atoms with Crippen LogP contribution in [0.3, 0.4) is 0 Å². The first-order valence-electron chi connectivity index (χ1n) is 5.47. The number of ether oxygens (including phenoxy) is 1. The fraction of sp³-hybridized carbons (Fsp3) is 0.900. The number of hydrogen-bond acceptors (Lipinski definition) is 3. The molecule has 96 valence electrons. The number of aliphatic imine (C=N–C) groups is 1. The molecule has 0 aromatic heterocycles. The Morgan fingerprint density at radius 3 is 2.75 bits per heavy atom. The minimum atomic E-state index is 0. The molecule has 0 heterocycles. The minimum absolute atomic E-state index is 0. The van der Waals surface area contributed by atoms with Crippen LogP contribution in [0.25, 0.3) is 0 Å². The number of aliphatic hydroxyl groups excluding tert-OH is 1. The molecule has 3 N–H and O–H groups in total. The molecule has 0 spiro atoms. The van der Waals surface area contributed by atoms with Crippen molar-refractivity contribution in [1.29, 1.82) is 0 Å². The van der Waals surface area contributed by atoms with Crippen LogP contribution in [0.1, 0.15) is 19.3 Å². The molecule has 0 bridgehead atoms. The highest BCUT2D eigenvalue weighted by atomic mass is 127. The summed E-state index contributed by atoms with van der Waals surface area (Å²) >= 11 is 0. The quantitative estimate of drug-likeness (QED) is 0.304. The molecule has 0 aromatic rings. The average Bonchev–Trinajstić information content (AvgIpc) is 3.05. The summed E-state index contributed by atoms with van der Waals surface area (Å²) in [6.07, 6.45) is 3.30. The number of hydrogen-bond donors (Lipinski definition) is 2. The van der Waals surface area contributed by atoms with E-state index in [9.17, 15) is 0 Å². The number of halogens is 1. The highest BCUT2D eigenvalue weighted by molar-refractivity contribution is 14.0. The Bertz CT molecular complexity index is 210. The Balaban J connectivity index is 0.00000225. The summed E-state index contributed by atoms with van der Waals surface area (Å²) < 4.78 is 5.11. The van der Waals surface area contributed by atoms with Crippen molar-refractivity contribution < 1.29 is 9.84 Å². The minimum Gasteiger partial charge on any atom is -0.394 e. The number of rotatable bonds is 7. The van der Waals surface area contributed by atoms with E-state index in [-0.39, 0.29) is 30.6 Å². The van der Waals surface area contributed by atoms with Crippen LogP contribution in [0.2, 0.25) is 0 Å². The molecule has 5 nitrogen and oxygen atoms in total. The molecule has 0 saturated heterocycles. The third-order valence-corrected chi connectivity index (χ3v) is 2.41. The zero-order valence-electron chi connectivity index (χ0n) is 9.76. The van der Waals surface area contributed by atoms with Crippen molar-refractivity contribution in [2.24, 2.45) is 10.7 Å². The van der Waals surface area contributed by atoms with Gasteiger partial charge in [0.2, 0.25) is 0 Å². The van der Waals surface area contributed by atoms with E-state index < -0.39 is 0 Å². The van der Waals surface area contributed by atoms with Crippen LogP contribution in [0.4, 0.5) is 0 Å². The molecule has 1 rings (SSSR count). The van der Waals surface area contributed by atoms with E-state index in [4.69, 9.17) is 15.6 Å². The van der Waals surface area contributed by atoms with Gasteiger partial charge in [-0.15, -0.1) is 24.0 Å². The summed E-state index contributed by atoms with van der Waals surface area (Å²) in [7, 11) is 1.98. The highest BCUT2D eigenvalue weighted by Crippen LogP contribution is 2.24. The fourth-order valence-electron chi connectivity index (χ4n) is 1.29. The summed E-state index contributed by atoms with van der Waals surface area (Å²) in [6.45, 7) is 1.80. The van der Waals surface area contributed by atoms with Gasteiger partial charge in [0.1, 0.15) is 0 Å². The number of aliphatic hydroxyl groups is 1. The summed E-state index contributed by atoms with van der Waals surface area (Å²) in [5, 5.41) is 8.47. The topological polar surface area (TPSA) is 71.1 Å². The van der Waals surface area contributed by atoms with E-state index in [2.05, 4.69) is 4.99 Å². The van der Waals surface area contributed by atoms with Gasteiger partial charge in [0.05, 0.1) is 13.2 Å². The molecule has 0 atom stereocenters. The Morgan fingerprint density at radius 1 is 1.50 bits per heavy atom. The van der Waals surface area contributed by atoms with Crippen LogP contribution in [-0.2, 0) is 4.74 Å². The van der Waals surface area contributed by atoms with Crippen molar-refractivity contribution >= 4 is 29.9 Å². The first-order chi connectivity index (χ1) is 7.25. The molecule has 0 amide bonds. The van der Waals surface area contributed by atoms with Gasteiger partial charge in [0, 0.05) is 26.2 Å². The zero-order valence-corrected chi connectivity index (χ0v) is 12.1. The maximum absolute atomic E-state index is 8.47. The lowest BCUT2D eigenvalue weighted by molar-refractivity contribution is 0.0918. The second kappa shape index (κ2) is 9.00. The van der Waals surface area contributed by atoms with Crippen molar-refractivity contribution in [3.05, 3.63) is 0 Å². The molecule has 0 aliphatic heterocycles. The van der Waals surface area contributed by atoms with E-state index in [0.29, 0.717) is 31.8 Å². The first-order valence-corrected chi connectivity index (χ1v) is 5.47. The Kier molecular flexibility index (Phi) is 8.96. The van der Waals surface area contributed by atoms with Crippen molar-refractivity contribution in [2.75, 3.05) is 33.4 Å². The van der Waals surface area contributed by atoms with E-state index in [0.717, 1.165) is 6.42 Å². The smallest absolute Gasteiger partial charge is 0.191 e. The van der Waals surface area contributed by atoms with Crippen LogP contribution >= 0.6 is 24.0 Å². The van der Waals surface area contributed by atoms with Gasteiger partial charge in [0.15, 0.2) is 5.96 Å². The molecule has 1 aliphatic rings. The third kappa shape index (κ3) is 6.49. The summed E-state index contributed by atoms with van der Waals surface area (Å²) in [4.78, 5) is 6.30. The van der Waals surface area contributed by atoms with Gasteiger partial charge >= 0.3 is 0 Å². The van der Waals surface area contributed by atoms with Gasteiger partial charge in [-0.2, -0.15) is 0 Å². The molecule has 1 aliphatic carbocycles. The van der Waals surface area contributed by atoms with Crippen molar-refractivity contribution in [2.45, 2.75) is 25.3 Å². The third-order valence-electron chi connectivity index (χ3n) is 2.41. The van der Waals surface area contributed by atoms with Gasteiger partial charge in [-0.3, -0.25) is 4.99 Å². The first kappa shape index (κ1) is 15.9. The zero-order chi connectivity index (χ0) is 11.1. The lowest BCUT2D eigenvalue weighted by atomic mass is 10.4. The van der Waals surface area contributed by atoms with Gasteiger partial charge in [-0.25, -0.2) is 0 Å². The maximum atomic E-state index is 8.47. The van der Waals surface area contributed by atoms with Gasteiger partial charge in [0.25, 0.3) is 0 Å². The Morgan fingerprint density at radius 2 is 2.19 bits per heavy atom. The molecule has 1 fully saturated rings. The molecule has 0 radical (unpaired) electrons. The molecular weight excluding hydrogens is 321 g/mol. The fourth-order valence-corrected chi connectivity index (χ4v) is 1.29. The van der Waals surface area contributed by atoms with Crippen LogP contribution in [0.15, 0.2) is 4.99 Å². The van der Waals surface area contributed by atoms with Crippen LogP contribution in [0, 0.1) is 0 Å². The Hall–Kier alpha value is -0.0800. The molecular formula is C10H22IN3O2. The van der Waals surface area contributed by atoms with E-state index >= 15 is 0 Å². The standard InChI is InChI=1S/C10H21N3O2.HI/c1-13(9-3-4-9)10(11)12-5-2-7-15-8-6-14;/h9,14H,2-8H2,1H3,(H2,11,12);1H. The van der Waals surface area contributed by atoms with Crippen LogP contribution in [0.5, 0.6) is 0 Å². The maximum Gasteiger partial charge on any atom is 0.191 e. The normalized spacial score (nSPS) is 15.8. The second-order valence-corrected chi connectivity index (χ2v) is 3.77. The SMILES string of the molecule is CN(C(N)=NCCCOCCO)C1CC1.I. The largest absolute Gasteiger partial charge is 0.394 e. The molecule has 1 saturated carbocycles. The lowest BCUT2D eigenvalue weighted by Gasteiger charge is -2.16. The summed E-state index contributed by atoms with van der Waals surface area (Å²) in [5.41, 5.74) is 5.79. The highest BCUT2D eigenvalue weighted by Gasteiger charge is 2.27. The van der Waals surface area contributed by atoms with Gasteiger partial charge in [-0.1, -0.05) is 0 Å². The van der Waals surface area contributed by atoms with Crippen molar-refractivity contribution in [3.63, 3.8) is 0 Å². The molecule has 0 unspecified atom stereocenters. The van der Waals surface area contributed by atoms with Crippen LogP contribution < -0.4 is 5.73 Å². The predicted octanol–water partition coefficient (Wildman–Crippen LogP) is 0.412. The number of guanidine groups is 1. The molecule has 0 aromatic carbocycles. The van der Waals surface area contributed by atoms with Crippen molar-refractivity contribution in [1.82, 2.24) is 4.90 Å². The predicted molar refractivity (Wildman–Crippen MR) is 75.2 cm³/mol. The summed E-state index contributed by atoms with van der Waals surface area (Å²) in [5.74, 6) is 0.625. The second-order valence-electron chi connectivity index (χ2n) is 3.77. The average molecular weight is 343 g/mol. The summed E-state index contributed by atoms with van der Waals surface area (Å²) in [6, 6.07) is 0.611. The number of nitrogens with two attached hydrogens (primary N) is 1. The van der Waals surface area contributed by atoms with E-state index in [1.54, 1.807) is 0 Å². The van der Waals surface area contributed by atoms with Gasteiger partial charge < -0.3 is 20.5 Å². The lowest BCUT2D eigenvalue weighted by Crippen LogP contribution is -2.35. The van der Waals surface area contributed by atoms with E-state index in [1.807, 2.05) is 11.9 Å². The monoisotopic (exact) mass is 343 g/mol. The van der Waals surface area contributed by atoms with Gasteiger partial charge in [-0.05, 0) is 19.3 Å².